The van der Waals surface area contributed by atoms with Gasteiger partial charge in [0.25, 0.3) is 0 Å². The highest BCUT2D eigenvalue weighted by atomic mass is 35.5. The van der Waals surface area contributed by atoms with E-state index in [2.05, 4.69) is 25.1 Å². The first-order valence-corrected chi connectivity index (χ1v) is 16.2. The van der Waals surface area contributed by atoms with Crippen molar-refractivity contribution in [3.8, 4) is 17.3 Å². The van der Waals surface area contributed by atoms with Crippen molar-refractivity contribution in [1.82, 2.24) is 25.2 Å². The Hall–Kier alpha value is -3.31. The number of benzene rings is 1. The highest BCUT2D eigenvalue weighted by Gasteiger charge is 2.49. The van der Waals surface area contributed by atoms with Crippen molar-refractivity contribution in [3.63, 3.8) is 0 Å². The average Bonchev–Trinajstić information content (AvgIpc) is 3.69. The van der Waals surface area contributed by atoms with Crippen LogP contribution in [0.2, 0.25) is 5.02 Å². The summed E-state index contributed by atoms with van der Waals surface area (Å²) < 4.78 is 37.4. The van der Waals surface area contributed by atoms with E-state index in [1.165, 1.54) is 0 Å². The lowest BCUT2D eigenvalue weighted by atomic mass is 9.95. The van der Waals surface area contributed by atoms with Gasteiger partial charge < -0.3 is 20.7 Å². The van der Waals surface area contributed by atoms with Crippen molar-refractivity contribution in [1.29, 1.82) is 0 Å². The molecule has 1 unspecified atom stereocenters. The van der Waals surface area contributed by atoms with Crippen LogP contribution >= 0.6 is 11.6 Å². The predicted molar refractivity (Wildman–Crippen MR) is 166 cm³/mol. The zero-order valence-electron chi connectivity index (χ0n) is 24.8. The molecule has 7 heterocycles. The quantitative estimate of drug-likeness (QED) is 0.388. The molecule has 5 aliphatic heterocycles. The van der Waals surface area contributed by atoms with Crippen LogP contribution in [0.3, 0.4) is 0 Å². The summed E-state index contributed by atoms with van der Waals surface area (Å²) in [5.74, 6) is 0.356. The Kier molecular flexibility index (Phi) is 7.95. The first kappa shape index (κ1) is 29.4. The zero-order chi connectivity index (χ0) is 30.4. The SMILES string of the molecule is Nc1cc(Cl)c2c(c1)-c1ncc3c(nc(OC[C@@]45CCCN4C[C@H](F)C5)nc3c1F)N1CCC(CCNC(=O)CCCC2)C1. The van der Waals surface area contributed by atoms with Gasteiger partial charge in [-0.2, -0.15) is 9.97 Å². The molecule has 234 valence electrons. The molecule has 9 nitrogen and oxygen atoms in total. The van der Waals surface area contributed by atoms with Crippen LogP contribution in [0.5, 0.6) is 6.01 Å². The lowest BCUT2D eigenvalue weighted by Crippen LogP contribution is -2.43. The number of rotatable bonds is 3. The van der Waals surface area contributed by atoms with Crippen LogP contribution in [0.1, 0.15) is 56.9 Å². The molecule has 0 radical (unpaired) electrons. The molecular weight excluding hydrogens is 588 g/mol. The fraction of sp³-hybridized carbons (Fsp3) is 0.562. The largest absolute Gasteiger partial charge is 0.461 e. The smallest absolute Gasteiger partial charge is 0.319 e. The normalized spacial score (nSPS) is 26.1. The van der Waals surface area contributed by atoms with Crippen LogP contribution in [-0.4, -0.2) is 76.8 Å². The number of hydrogen-bond acceptors (Lipinski definition) is 8. The van der Waals surface area contributed by atoms with E-state index >= 15 is 4.39 Å². The van der Waals surface area contributed by atoms with E-state index in [4.69, 9.17) is 27.1 Å². The second-order valence-corrected chi connectivity index (χ2v) is 13.3. The van der Waals surface area contributed by atoms with Crippen LogP contribution in [0.4, 0.5) is 20.3 Å². The molecule has 0 saturated carbocycles. The number of alkyl halides is 1. The summed E-state index contributed by atoms with van der Waals surface area (Å²) in [6, 6.07) is 3.42. The highest BCUT2D eigenvalue weighted by molar-refractivity contribution is 6.32. The van der Waals surface area contributed by atoms with Crippen molar-refractivity contribution < 1.29 is 18.3 Å². The Labute approximate surface area is 260 Å². The Morgan fingerprint density at radius 3 is 2.89 bits per heavy atom. The van der Waals surface area contributed by atoms with Crippen molar-refractivity contribution in [2.75, 3.05) is 50.0 Å². The van der Waals surface area contributed by atoms with Gasteiger partial charge in [0.15, 0.2) is 5.82 Å². The van der Waals surface area contributed by atoms with Gasteiger partial charge in [-0.05, 0) is 75.1 Å². The maximum atomic E-state index is 16.7. The van der Waals surface area contributed by atoms with Gasteiger partial charge in [0.05, 0.1) is 10.9 Å². The van der Waals surface area contributed by atoms with Gasteiger partial charge in [0.1, 0.15) is 29.8 Å². The summed E-state index contributed by atoms with van der Waals surface area (Å²) in [6.07, 6.45) is 7.10. The molecule has 3 saturated heterocycles. The maximum Gasteiger partial charge on any atom is 0.319 e. The molecule has 12 heteroatoms. The number of nitrogens with zero attached hydrogens (tertiary/aromatic N) is 5. The number of carbonyl (C=O) groups excluding carboxylic acids is 1. The van der Waals surface area contributed by atoms with Gasteiger partial charge in [-0.15, -0.1) is 0 Å². The minimum atomic E-state index is -0.885. The summed E-state index contributed by atoms with van der Waals surface area (Å²) in [5, 5.41) is 3.99. The van der Waals surface area contributed by atoms with Gasteiger partial charge in [-0.1, -0.05) is 11.6 Å². The summed E-state index contributed by atoms with van der Waals surface area (Å²) in [6.45, 7) is 3.55. The summed E-state index contributed by atoms with van der Waals surface area (Å²) >= 11 is 6.65. The molecule has 3 atom stereocenters. The third-order valence-corrected chi connectivity index (χ3v) is 10.2. The summed E-state index contributed by atoms with van der Waals surface area (Å²) in [7, 11) is 0. The summed E-state index contributed by atoms with van der Waals surface area (Å²) in [5.41, 5.74) is 7.63. The molecule has 3 N–H and O–H groups in total. The van der Waals surface area contributed by atoms with E-state index in [9.17, 15) is 9.18 Å². The van der Waals surface area contributed by atoms with Gasteiger partial charge in [-0.25, -0.2) is 8.78 Å². The number of pyridine rings is 1. The standard InChI is InChI=1S/C32H38ClF2N7O2/c33-25-13-21(36)12-23-22(25)4-1-2-5-26(43)37-9-6-19-7-11-41(16-19)30-24-15-38-28(23)27(35)29(24)39-31(40-30)44-18-32-8-3-10-42(32)17-20(34)14-32/h12-13,15,19-20H,1-11,14,16-18,36H2,(H,37,43)/t19?,20-,32+/m1/s1. The number of nitrogens with one attached hydrogen (secondary N) is 1. The first-order valence-electron chi connectivity index (χ1n) is 15.8. The molecule has 8 rings (SSSR count). The van der Waals surface area contributed by atoms with E-state index in [0.717, 1.165) is 44.3 Å². The molecule has 3 fully saturated rings. The van der Waals surface area contributed by atoms with Crippen LogP contribution in [0.25, 0.3) is 22.2 Å². The Morgan fingerprint density at radius 2 is 2.00 bits per heavy atom. The Bertz CT molecular complexity index is 1590. The number of halogens is 3. The molecular formula is C32H38ClF2N7O2. The van der Waals surface area contributed by atoms with E-state index in [0.29, 0.717) is 85.1 Å². The second kappa shape index (κ2) is 11.9. The van der Waals surface area contributed by atoms with Gasteiger partial charge in [0.2, 0.25) is 5.91 Å². The maximum absolute atomic E-state index is 16.7. The number of aromatic nitrogens is 3. The van der Waals surface area contributed by atoms with Gasteiger partial charge in [0, 0.05) is 61.5 Å². The molecule has 1 amide bonds. The second-order valence-electron chi connectivity index (χ2n) is 12.9. The van der Waals surface area contributed by atoms with Crippen molar-refractivity contribution >= 4 is 39.9 Å². The Balaban J connectivity index is 1.32. The van der Waals surface area contributed by atoms with Crippen LogP contribution in [0.15, 0.2) is 18.3 Å². The number of anilines is 2. The van der Waals surface area contributed by atoms with E-state index < -0.39 is 12.0 Å². The number of fused-ring (bicyclic) bond motifs is 9. The lowest BCUT2D eigenvalue weighted by molar-refractivity contribution is -0.121. The minimum Gasteiger partial charge on any atom is -0.461 e. The highest BCUT2D eigenvalue weighted by Crippen LogP contribution is 2.41. The molecule has 5 aliphatic rings. The number of carbonyl (C=O) groups is 1. The average molecular weight is 626 g/mol. The fourth-order valence-electron chi connectivity index (χ4n) is 7.64. The molecule has 2 aromatic heterocycles. The van der Waals surface area contributed by atoms with Crippen molar-refractivity contribution in [3.05, 3.63) is 34.7 Å². The monoisotopic (exact) mass is 625 g/mol. The predicted octanol–water partition coefficient (Wildman–Crippen LogP) is 5.08. The van der Waals surface area contributed by atoms with E-state index in [1.807, 2.05) is 0 Å². The zero-order valence-corrected chi connectivity index (χ0v) is 25.5. The van der Waals surface area contributed by atoms with Gasteiger partial charge >= 0.3 is 6.01 Å². The molecule has 0 aliphatic carbocycles. The molecule has 3 aromatic rings. The van der Waals surface area contributed by atoms with Crippen molar-refractivity contribution in [2.45, 2.75) is 69.5 Å². The van der Waals surface area contributed by atoms with E-state index in [-0.39, 0.29) is 35.3 Å². The number of ether oxygens (including phenoxy) is 1. The van der Waals surface area contributed by atoms with Gasteiger partial charge in [-0.3, -0.25) is 14.7 Å². The number of amides is 1. The van der Waals surface area contributed by atoms with E-state index in [1.54, 1.807) is 18.3 Å². The van der Waals surface area contributed by atoms with Crippen LogP contribution < -0.4 is 20.7 Å². The molecule has 6 bridgehead atoms. The molecule has 1 aromatic carbocycles. The number of nitrogens with two attached hydrogens (primary N) is 1. The topological polar surface area (TPSA) is 110 Å². The third kappa shape index (κ3) is 5.53. The number of hydrogen-bond donors (Lipinski definition) is 2. The lowest BCUT2D eigenvalue weighted by Gasteiger charge is -2.31. The molecule has 0 spiro atoms. The number of nitrogen functional groups attached to an aromatic ring is 1. The summed E-state index contributed by atoms with van der Waals surface area (Å²) in [4.78, 5) is 30.8. The first-order chi connectivity index (χ1) is 21.3. The Morgan fingerprint density at radius 1 is 1.14 bits per heavy atom. The van der Waals surface area contributed by atoms with Crippen LogP contribution in [0, 0.1) is 11.7 Å². The third-order valence-electron chi connectivity index (χ3n) is 9.89. The van der Waals surface area contributed by atoms with Crippen molar-refractivity contribution in [2.24, 2.45) is 5.92 Å². The fourth-order valence-corrected chi connectivity index (χ4v) is 7.96. The molecule has 44 heavy (non-hydrogen) atoms. The minimum absolute atomic E-state index is 0.0353. The van der Waals surface area contributed by atoms with Crippen LogP contribution in [-0.2, 0) is 11.2 Å².